The summed E-state index contributed by atoms with van der Waals surface area (Å²) in [6.45, 7) is 3.24. The number of likely N-dealkylation sites (tertiary alicyclic amines) is 1. The fourth-order valence-electron chi connectivity index (χ4n) is 2.31. The molecule has 2 atom stereocenters. The van der Waals surface area contributed by atoms with E-state index in [4.69, 9.17) is 10.5 Å². The van der Waals surface area contributed by atoms with Crippen molar-refractivity contribution in [1.29, 1.82) is 0 Å². The maximum absolute atomic E-state index is 11.1. The lowest BCUT2D eigenvalue weighted by molar-refractivity contribution is -0.122. The molecule has 0 amide bonds. The second-order valence-electron chi connectivity index (χ2n) is 4.17. The third kappa shape index (κ3) is 2.13. The molecule has 4 nitrogen and oxygen atoms in total. The van der Waals surface area contributed by atoms with E-state index in [0.717, 1.165) is 26.1 Å². The number of nitrogens with two attached hydrogens (primary N) is 1. The van der Waals surface area contributed by atoms with Crippen LogP contribution in [-0.2, 0) is 9.53 Å². The molecule has 0 aromatic heterocycles. The third-order valence-corrected chi connectivity index (χ3v) is 3.19. The van der Waals surface area contributed by atoms with Crippen molar-refractivity contribution < 1.29 is 9.53 Å². The topological polar surface area (TPSA) is 55.6 Å². The minimum Gasteiger partial charge on any atom is -0.380 e. The van der Waals surface area contributed by atoms with E-state index in [1.807, 2.05) is 0 Å². The van der Waals surface area contributed by atoms with Gasteiger partial charge in [-0.25, -0.2) is 0 Å². The molecule has 4 heteroatoms. The average Bonchev–Trinajstić information content (AvgIpc) is 2.20. The Morgan fingerprint density at radius 2 is 2.07 bits per heavy atom. The molecule has 1 unspecified atom stereocenters. The maximum Gasteiger partial charge on any atom is 0.135 e. The summed E-state index contributed by atoms with van der Waals surface area (Å²) >= 11 is 0. The van der Waals surface area contributed by atoms with E-state index in [1.165, 1.54) is 0 Å². The van der Waals surface area contributed by atoms with Gasteiger partial charge in [0.05, 0.1) is 6.61 Å². The van der Waals surface area contributed by atoms with Gasteiger partial charge in [0.2, 0.25) is 0 Å². The largest absolute Gasteiger partial charge is 0.380 e. The van der Waals surface area contributed by atoms with Crippen LogP contribution in [-0.4, -0.2) is 49.1 Å². The normalized spacial score (nSPS) is 35.9. The van der Waals surface area contributed by atoms with Gasteiger partial charge < -0.3 is 10.5 Å². The quantitative estimate of drug-likeness (QED) is 0.632. The Morgan fingerprint density at radius 3 is 2.71 bits per heavy atom. The first-order valence-corrected chi connectivity index (χ1v) is 5.36. The zero-order valence-corrected chi connectivity index (χ0v) is 8.45. The Kier molecular flexibility index (Phi) is 3.15. The maximum atomic E-state index is 11.1. The van der Waals surface area contributed by atoms with Crippen LogP contribution in [0.4, 0.5) is 0 Å². The van der Waals surface area contributed by atoms with Crippen molar-refractivity contribution in [2.24, 2.45) is 5.73 Å². The van der Waals surface area contributed by atoms with Gasteiger partial charge in [0.15, 0.2) is 0 Å². The van der Waals surface area contributed by atoms with Crippen LogP contribution in [0.3, 0.4) is 0 Å². The van der Waals surface area contributed by atoms with Crippen LogP contribution in [0.2, 0.25) is 0 Å². The Balaban J connectivity index is 1.90. The lowest BCUT2D eigenvalue weighted by Crippen LogP contribution is -2.55. The first kappa shape index (κ1) is 10.1. The fourth-order valence-corrected chi connectivity index (χ4v) is 2.31. The predicted molar refractivity (Wildman–Crippen MR) is 53.0 cm³/mol. The van der Waals surface area contributed by atoms with Crippen LogP contribution in [0.5, 0.6) is 0 Å². The predicted octanol–water partition coefficient (Wildman–Crippen LogP) is -0.233. The van der Waals surface area contributed by atoms with Gasteiger partial charge >= 0.3 is 0 Å². The lowest BCUT2D eigenvalue weighted by Gasteiger charge is -2.39. The molecule has 0 aromatic rings. The zero-order valence-electron chi connectivity index (χ0n) is 8.45. The van der Waals surface area contributed by atoms with Crippen LogP contribution < -0.4 is 5.73 Å². The number of carbonyl (C=O) groups is 1. The first-order chi connectivity index (χ1) is 6.77. The monoisotopic (exact) mass is 198 g/mol. The summed E-state index contributed by atoms with van der Waals surface area (Å²) < 4.78 is 5.31. The second-order valence-corrected chi connectivity index (χ2v) is 4.17. The highest BCUT2D eigenvalue weighted by Crippen LogP contribution is 2.17. The third-order valence-electron chi connectivity index (χ3n) is 3.19. The molecule has 14 heavy (non-hydrogen) atoms. The SMILES string of the molecule is N[C@@H]1COCCC1N1CCC(=O)CC1. The Labute approximate surface area is 84.4 Å². The summed E-state index contributed by atoms with van der Waals surface area (Å²) in [5.41, 5.74) is 5.99. The second kappa shape index (κ2) is 4.38. The van der Waals surface area contributed by atoms with Gasteiger partial charge in [-0.1, -0.05) is 0 Å². The zero-order chi connectivity index (χ0) is 9.97. The van der Waals surface area contributed by atoms with Crippen molar-refractivity contribution in [1.82, 2.24) is 4.90 Å². The number of piperidine rings is 1. The van der Waals surface area contributed by atoms with Gasteiger partial charge in [-0.15, -0.1) is 0 Å². The molecule has 2 aliphatic rings. The lowest BCUT2D eigenvalue weighted by atomic mass is 9.99. The summed E-state index contributed by atoms with van der Waals surface area (Å²) in [7, 11) is 0. The highest BCUT2D eigenvalue weighted by molar-refractivity contribution is 5.79. The molecular formula is C10H18N2O2. The number of ether oxygens (including phenoxy) is 1. The van der Waals surface area contributed by atoms with Gasteiger partial charge in [0.1, 0.15) is 5.78 Å². The van der Waals surface area contributed by atoms with Gasteiger partial charge in [-0.2, -0.15) is 0 Å². The molecule has 0 saturated carbocycles. The summed E-state index contributed by atoms with van der Waals surface area (Å²) in [5, 5.41) is 0. The molecule has 2 fully saturated rings. The van der Waals surface area contributed by atoms with Crippen molar-refractivity contribution in [3.63, 3.8) is 0 Å². The van der Waals surface area contributed by atoms with E-state index in [1.54, 1.807) is 0 Å². The number of ketones is 1. The summed E-state index contributed by atoms with van der Waals surface area (Å²) in [6, 6.07) is 0.550. The smallest absolute Gasteiger partial charge is 0.135 e. The highest BCUT2D eigenvalue weighted by atomic mass is 16.5. The van der Waals surface area contributed by atoms with Gasteiger partial charge in [0.25, 0.3) is 0 Å². The average molecular weight is 198 g/mol. The number of Topliss-reactive ketones (excluding diaryl/α,β-unsaturated/α-hetero) is 1. The molecule has 80 valence electrons. The Bertz CT molecular complexity index is 210. The molecule has 0 bridgehead atoms. The van der Waals surface area contributed by atoms with Crippen molar-refractivity contribution in [3.8, 4) is 0 Å². The van der Waals surface area contributed by atoms with Crippen LogP contribution in [0.1, 0.15) is 19.3 Å². The van der Waals surface area contributed by atoms with Crippen LogP contribution >= 0.6 is 0 Å². The van der Waals surface area contributed by atoms with Crippen molar-refractivity contribution in [3.05, 3.63) is 0 Å². The number of nitrogens with zero attached hydrogens (tertiary/aromatic N) is 1. The van der Waals surface area contributed by atoms with Crippen molar-refractivity contribution in [2.45, 2.75) is 31.3 Å². The minimum atomic E-state index is 0.122. The molecule has 2 heterocycles. The summed E-state index contributed by atoms with van der Waals surface area (Å²) in [6.07, 6.45) is 2.41. The standard InChI is InChI=1S/C10H18N2O2/c11-9-7-14-6-3-10(9)12-4-1-8(13)2-5-12/h9-10H,1-7,11H2/t9-,10?/m1/s1. The van der Waals surface area contributed by atoms with Crippen LogP contribution in [0, 0.1) is 0 Å². The minimum absolute atomic E-state index is 0.122. The van der Waals surface area contributed by atoms with E-state index in [9.17, 15) is 4.79 Å². The number of rotatable bonds is 1. The Hall–Kier alpha value is -0.450. The molecular weight excluding hydrogens is 180 g/mol. The molecule has 0 aliphatic carbocycles. The summed E-state index contributed by atoms with van der Waals surface area (Å²) in [5.74, 6) is 0.391. The van der Waals surface area contributed by atoms with Crippen LogP contribution in [0.15, 0.2) is 0 Å². The highest BCUT2D eigenvalue weighted by Gasteiger charge is 2.30. The van der Waals surface area contributed by atoms with Crippen molar-refractivity contribution in [2.75, 3.05) is 26.3 Å². The van der Waals surface area contributed by atoms with Gasteiger partial charge in [0, 0.05) is 44.6 Å². The molecule has 0 aromatic carbocycles. The number of hydrogen-bond donors (Lipinski definition) is 1. The Morgan fingerprint density at radius 1 is 1.36 bits per heavy atom. The number of hydrogen-bond acceptors (Lipinski definition) is 4. The molecule has 0 spiro atoms. The van der Waals surface area contributed by atoms with E-state index in [2.05, 4.69) is 4.90 Å². The fraction of sp³-hybridized carbons (Fsp3) is 0.900. The molecule has 2 aliphatic heterocycles. The van der Waals surface area contributed by atoms with E-state index < -0.39 is 0 Å². The van der Waals surface area contributed by atoms with E-state index >= 15 is 0 Å². The van der Waals surface area contributed by atoms with E-state index in [0.29, 0.717) is 31.3 Å². The van der Waals surface area contributed by atoms with E-state index in [-0.39, 0.29) is 6.04 Å². The van der Waals surface area contributed by atoms with Crippen LogP contribution in [0.25, 0.3) is 0 Å². The molecule has 2 saturated heterocycles. The molecule has 0 radical (unpaired) electrons. The molecule has 2 N–H and O–H groups in total. The number of carbonyl (C=O) groups excluding carboxylic acids is 1. The molecule has 2 rings (SSSR count). The first-order valence-electron chi connectivity index (χ1n) is 5.36. The van der Waals surface area contributed by atoms with Crippen molar-refractivity contribution >= 4 is 5.78 Å². The van der Waals surface area contributed by atoms with Gasteiger partial charge in [-0.05, 0) is 6.42 Å². The summed E-state index contributed by atoms with van der Waals surface area (Å²) in [4.78, 5) is 13.4. The van der Waals surface area contributed by atoms with Gasteiger partial charge in [-0.3, -0.25) is 9.69 Å².